The van der Waals surface area contributed by atoms with Crippen LogP contribution in [0, 0.1) is 0 Å². The molecule has 2 aliphatic heterocycles. The summed E-state index contributed by atoms with van der Waals surface area (Å²) >= 11 is 0. The summed E-state index contributed by atoms with van der Waals surface area (Å²) in [4.78, 5) is 48.2. The molecule has 0 saturated heterocycles. The van der Waals surface area contributed by atoms with Crippen molar-refractivity contribution in [3.63, 3.8) is 0 Å². The van der Waals surface area contributed by atoms with Crippen LogP contribution in [-0.4, -0.2) is 57.6 Å². The van der Waals surface area contributed by atoms with E-state index >= 15 is 0 Å². The molecule has 0 atom stereocenters. The van der Waals surface area contributed by atoms with Gasteiger partial charge >= 0.3 is 0 Å². The number of anilines is 1. The van der Waals surface area contributed by atoms with E-state index in [1.54, 1.807) is 35.5 Å². The number of nitrogens with one attached hydrogen (secondary N) is 1. The molecular formula is C20H19N5O3. The van der Waals surface area contributed by atoms with Crippen molar-refractivity contribution in [2.45, 2.75) is 12.8 Å². The van der Waals surface area contributed by atoms with Crippen molar-refractivity contribution in [2.75, 3.05) is 25.5 Å². The minimum absolute atomic E-state index is 0.0231. The molecule has 0 aliphatic carbocycles. The minimum atomic E-state index is -0.334. The van der Waals surface area contributed by atoms with E-state index in [1.807, 2.05) is 12.1 Å². The van der Waals surface area contributed by atoms with E-state index in [-0.39, 0.29) is 24.3 Å². The fourth-order valence-corrected chi connectivity index (χ4v) is 3.48. The minimum Gasteiger partial charge on any atom is -0.357 e. The Balaban J connectivity index is 1.43. The van der Waals surface area contributed by atoms with Crippen LogP contribution < -0.4 is 5.32 Å². The summed E-state index contributed by atoms with van der Waals surface area (Å²) in [6.45, 7) is 0.596. The molecule has 1 aromatic carbocycles. The van der Waals surface area contributed by atoms with Gasteiger partial charge in [0, 0.05) is 42.8 Å². The van der Waals surface area contributed by atoms with Gasteiger partial charge in [0.25, 0.3) is 11.8 Å². The second kappa shape index (κ2) is 7.22. The summed E-state index contributed by atoms with van der Waals surface area (Å²) in [5, 5.41) is 2.83. The smallest absolute Gasteiger partial charge is 0.277 e. The van der Waals surface area contributed by atoms with E-state index in [1.165, 1.54) is 7.05 Å². The maximum atomic E-state index is 12.5. The maximum Gasteiger partial charge on any atom is 0.277 e. The van der Waals surface area contributed by atoms with Crippen molar-refractivity contribution >= 4 is 23.4 Å². The molecule has 1 aromatic heterocycles. The molecule has 8 heteroatoms. The molecule has 3 heterocycles. The zero-order valence-corrected chi connectivity index (χ0v) is 15.4. The predicted octanol–water partition coefficient (Wildman–Crippen LogP) is 1.43. The fourth-order valence-electron chi connectivity index (χ4n) is 3.48. The van der Waals surface area contributed by atoms with E-state index in [4.69, 9.17) is 0 Å². The molecule has 2 aliphatic rings. The third kappa shape index (κ3) is 3.24. The van der Waals surface area contributed by atoms with Crippen molar-refractivity contribution in [1.82, 2.24) is 19.8 Å². The van der Waals surface area contributed by atoms with Crippen LogP contribution in [0.3, 0.4) is 0 Å². The average molecular weight is 377 g/mol. The van der Waals surface area contributed by atoms with E-state index in [0.29, 0.717) is 35.7 Å². The lowest BCUT2D eigenvalue weighted by Gasteiger charge is -2.28. The Morgan fingerprint density at radius 3 is 2.54 bits per heavy atom. The molecule has 0 saturated carbocycles. The number of hydrogen-bond acceptors (Lipinski definition) is 6. The van der Waals surface area contributed by atoms with Gasteiger partial charge < -0.3 is 10.2 Å². The van der Waals surface area contributed by atoms with E-state index in [2.05, 4.69) is 15.3 Å². The van der Waals surface area contributed by atoms with Crippen molar-refractivity contribution in [1.29, 1.82) is 0 Å². The van der Waals surface area contributed by atoms with Gasteiger partial charge in [-0.15, -0.1) is 0 Å². The summed E-state index contributed by atoms with van der Waals surface area (Å²) in [7, 11) is 1.47. The molecule has 8 nitrogen and oxygen atoms in total. The predicted molar refractivity (Wildman–Crippen MR) is 102 cm³/mol. The number of carbonyl (C=O) groups excluding carboxylic acids is 3. The Kier molecular flexibility index (Phi) is 4.60. The molecule has 1 N–H and O–H groups in total. The van der Waals surface area contributed by atoms with E-state index < -0.39 is 0 Å². The standard InChI is InChI=1S/C20H19N5O3/c1-24-19(27)15-4-2-11-25(17(15)20(24)28)12-16(26)23-14-7-5-13(6-8-14)18-21-9-3-10-22-18/h3,5-10H,2,4,11-12H2,1H3,(H,23,26). The molecular weight excluding hydrogens is 358 g/mol. The average Bonchev–Trinajstić information content (AvgIpc) is 2.94. The maximum absolute atomic E-state index is 12.5. The van der Waals surface area contributed by atoms with Crippen LogP contribution in [0.1, 0.15) is 12.8 Å². The molecule has 4 rings (SSSR count). The lowest BCUT2D eigenvalue weighted by Crippen LogP contribution is -2.38. The van der Waals surface area contributed by atoms with Gasteiger partial charge in [0.15, 0.2) is 5.82 Å². The number of nitrogens with zero attached hydrogens (tertiary/aromatic N) is 4. The number of benzene rings is 1. The van der Waals surface area contributed by atoms with Gasteiger partial charge in [-0.1, -0.05) is 0 Å². The number of hydrogen-bond donors (Lipinski definition) is 1. The summed E-state index contributed by atoms with van der Waals surface area (Å²) in [6, 6.07) is 8.98. The largest absolute Gasteiger partial charge is 0.357 e. The Morgan fingerprint density at radius 2 is 1.82 bits per heavy atom. The Morgan fingerprint density at radius 1 is 1.11 bits per heavy atom. The van der Waals surface area contributed by atoms with Gasteiger partial charge in [0.2, 0.25) is 5.91 Å². The summed E-state index contributed by atoms with van der Waals surface area (Å²) < 4.78 is 0. The molecule has 0 unspecified atom stereocenters. The Bertz CT molecular complexity index is 969. The summed E-state index contributed by atoms with van der Waals surface area (Å²) in [5.74, 6) is -0.225. The van der Waals surface area contributed by atoms with Gasteiger partial charge in [-0.3, -0.25) is 19.3 Å². The second-order valence-corrected chi connectivity index (χ2v) is 6.72. The number of rotatable bonds is 4. The zero-order chi connectivity index (χ0) is 19.7. The van der Waals surface area contributed by atoms with Gasteiger partial charge in [0.1, 0.15) is 5.70 Å². The van der Waals surface area contributed by atoms with Gasteiger partial charge in [-0.05, 0) is 43.2 Å². The number of aromatic nitrogens is 2. The Labute approximate surface area is 161 Å². The highest BCUT2D eigenvalue weighted by atomic mass is 16.2. The van der Waals surface area contributed by atoms with Crippen LogP contribution >= 0.6 is 0 Å². The van der Waals surface area contributed by atoms with Gasteiger partial charge in [0.05, 0.1) is 6.54 Å². The normalized spacial score (nSPS) is 16.5. The molecule has 0 fully saturated rings. The third-order valence-electron chi connectivity index (χ3n) is 4.85. The van der Waals surface area contributed by atoms with E-state index in [0.717, 1.165) is 16.9 Å². The molecule has 0 radical (unpaired) electrons. The zero-order valence-electron chi connectivity index (χ0n) is 15.4. The topological polar surface area (TPSA) is 95.5 Å². The molecule has 3 amide bonds. The van der Waals surface area contributed by atoms with E-state index in [9.17, 15) is 14.4 Å². The van der Waals surface area contributed by atoms with Gasteiger partial charge in [-0.25, -0.2) is 9.97 Å². The van der Waals surface area contributed by atoms with Crippen LogP contribution in [0.25, 0.3) is 11.4 Å². The van der Waals surface area contributed by atoms with Crippen molar-refractivity contribution < 1.29 is 14.4 Å². The third-order valence-corrected chi connectivity index (χ3v) is 4.85. The quantitative estimate of drug-likeness (QED) is 0.810. The van der Waals surface area contributed by atoms with Crippen LogP contribution in [-0.2, 0) is 14.4 Å². The van der Waals surface area contributed by atoms with Crippen LogP contribution in [0.15, 0.2) is 54.0 Å². The summed E-state index contributed by atoms with van der Waals surface area (Å²) in [6.07, 6.45) is 4.66. The number of imide groups is 1. The number of amides is 3. The highest BCUT2D eigenvalue weighted by Crippen LogP contribution is 2.30. The molecule has 142 valence electrons. The second-order valence-electron chi connectivity index (χ2n) is 6.72. The molecule has 2 aromatic rings. The monoisotopic (exact) mass is 377 g/mol. The first kappa shape index (κ1) is 17.8. The first-order chi connectivity index (χ1) is 13.5. The first-order valence-corrected chi connectivity index (χ1v) is 9.02. The molecule has 0 spiro atoms. The molecule has 0 bridgehead atoms. The van der Waals surface area contributed by atoms with Crippen molar-refractivity contribution in [3.8, 4) is 11.4 Å². The molecule has 28 heavy (non-hydrogen) atoms. The lowest BCUT2D eigenvalue weighted by molar-refractivity contribution is -0.136. The highest BCUT2D eigenvalue weighted by Gasteiger charge is 2.40. The number of likely N-dealkylation sites (N-methyl/N-ethyl adjacent to an activating group) is 1. The van der Waals surface area contributed by atoms with Crippen LogP contribution in [0.2, 0.25) is 0 Å². The van der Waals surface area contributed by atoms with Crippen molar-refractivity contribution in [2.24, 2.45) is 0 Å². The SMILES string of the molecule is CN1C(=O)C2=C(C1=O)N(CC(=O)Nc1ccc(-c3ncccn3)cc1)CCC2. The first-order valence-electron chi connectivity index (χ1n) is 9.02. The summed E-state index contributed by atoms with van der Waals surface area (Å²) in [5.41, 5.74) is 2.37. The van der Waals surface area contributed by atoms with Crippen LogP contribution in [0.4, 0.5) is 5.69 Å². The fraction of sp³-hybridized carbons (Fsp3) is 0.250. The van der Waals surface area contributed by atoms with Crippen molar-refractivity contribution in [3.05, 3.63) is 54.0 Å². The van der Waals surface area contributed by atoms with Crippen LogP contribution in [0.5, 0.6) is 0 Å². The number of carbonyl (C=O) groups is 3. The van der Waals surface area contributed by atoms with Gasteiger partial charge in [-0.2, -0.15) is 0 Å². The Hall–Kier alpha value is -3.55. The highest BCUT2D eigenvalue weighted by molar-refractivity contribution is 6.19. The lowest BCUT2D eigenvalue weighted by atomic mass is 10.0.